The van der Waals surface area contributed by atoms with Crippen molar-refractivity contribution in [1.82, 2.24) is 0 Å². The third kappa shape index (κ3) is 2.04. The van der Waals surface area contributed by atoms with Gasteiger partial charge in [0, 0.05) is 6.04 Å². The Labute approximate surface area is 88.9 Å². The molecule has 0 amide bonds. The fraction of sp³-hybridized carbons (Fsp3) is 0.400. The molecule has 5 heteroatoms. The van der Waals surface area contributed by atoms with Crippen LogP contribution in [0.15, 0.2) is 23.1 Å². The Morgan fingerprint density at radius 2 is 2.13 bits per heavy atom. The van der Waals surface area contributed by atoms with Crippen molar-refractivity contribution in [2.45, 2.75) is 30.2 Å². The van der Waals surface area contributed by atoms with Crippen molar-refractivity contribution >= 4 is 10.1 Å². The van der Waals surface area contributed by atoms with Crippen LogP contribution >= 0.6 is 0 Å². The molecule has 1 aromatic carbocycles. The topological polar surface area (TPSA) is 80.4 Å². The smallest absolute Gasteiger partial charge is 0.294 e. The van der Waals surface area contributed by atoms with Gasteiger partial charge in [-0.15, -0.1) is 0 Å². The Bertz CT molecular complexity index is 481. The second-order valence-corrected chi connectivity index (χ2v) is 5.26. The van der Waals surface area contributed by atoms with Crippen LogP contribution in [0, 0.1) is 0 Å². The third-order valence-corrected chi connectivity index (χ3v) is 3.63. The van der Waals surface area contributed by atoms with E-state index in [1.54, 1.807) is 6.07 Å². The number of benzene rings is 1. The normalized spacial score (nSPS) is 21.1. The number of rotatable bonds is 1. The van der Waals surface area contributed by atoms with Crippen LogP contribution in [0.5, 0.6) is 0 Å². The molecule has 0 saturated heterocycles. The summed E-state index contributed by atoms with van der Waals surface area (Å²) in [6, 6.07) is 4.52. The first-order valence-electron chi connectivity index (χ1n) is 4.84. The molecule has 0 aliphatic heterocycles. The van der Waals surface area contributed by atoms with Gasteiger partial charge in [-0.05, 0) is 42.5 Å². The van der Waals surface area contributed by atoms with Gasteiger partial charge in [0.1, 0.15) is 0 Å². The minimum Gasteiger partial charge on any atom is -0.324 e. The van der Waals surface area contributed by atoms with Crippen LogP contribution in [0.4, 0.5) is 0 Å². The summed E-state index contributed by atoms with van der Waals surface area (Å²) in [7, 11) is -4.12. The average Bonchev–Trinajstić information content (AvgIpc) is 2.16. The van der Waals surface area contributed by atoms with Crippen molar-refractivity contribution in [3.05, 3.63) is 29.3 Å². The summed E-state index contributed by atoms with van der Waals surface area (Å²) in [5.41, 5.74) is 7.81. The van der Waals surface area contributed by atoms with Crippen LogP contribution in [0.1, 0.15) is 30.0 Å². The maximum atomic E-state index is 10.9. The van der Waals surface area contributed by atoms with E-state index in [4.69, 9.17) is 10.3 Å². The summed E-state index contributed by atoms with van der Waals surface area (Å²) >= 11 is 0. The van der Waals surface area contributed by atoms with Gasteiger partial charge in [0.05, 0.1) is 4.90 Å². The Morgan fingerprint density at radius 3 is 2.80 bits per heavy atom. The van der Waals surface area contributed by atoms with E-state index in [1.165, 1.54) is 12.1 Å². The average molecular weight is 227 g/mol. The van der Waals surface area contributed by atoms with Crippen molar-refractivity contribution in [2.75, 3.05) is 0 Å². The zero-order valence-corrected chi connectivity index (χ0v) is 9.00. The van der Waals surface area contributed by atoms with Gasteiger partial charge >= 0.3 is 0 Å². The molecule has 0 fully saturated rings. The van der Waals surface area contributed by atoms with Crippen LogP contribution in [-0.2, 0) is 16.5 Å². The maximum absolute atomic E-state index is 10.9. The van der Waals surface area contributed by atoms with Crippen molar-refractivity contribution in [2.24, 2.45) is 5.73 Å². The molecule has 1 aromatic rings. The predicted molar refractivity (Wildman–Crippen MR) is 56.1 cm³/mol. The highest BCUT2D eigenvalue weighted by Crippen LogP contribution is 2.29. The van der Waals surface area contributed by atoms with Crippen LogP contribution in [0.2, 0.25) is 0 Å². The van der Waals surface area contributed by atoms with Crippen molar-refractivity contribution < 1.29 is 13.0 Å². The lowest BCUT2D eigenvalue weighted by Crippen LogP contribution is -2.18. The first-order valence-corrected chi connectivity index (χ1v) is 6.28. The molecule has 0 radical (unpaired) electrons. The minimum atomic E-state index is -4.12. The zero-order chi connectivity index (χ0) is 11.1. The third-order valence-electron chi connectivity index (χ3n) is 2.78. The van der Waals surface area contributed by atoms with Crippen LogP contribution in [-0.4, -0.2) is 13.0 Å². The molecule has 0 aromatic heterocycles. The Hall–Kier alpha value is -0.910. The van der Waals surface area contributed by atoms with E-state index in [0.29, 0.717) is 0 Å². The second kappa shape index (κ2) is 3.59. The Kier molecular flexibility index (Phi) is 2.54. The van der Waals surface area contributed by atoms with Gasteiger partial charge in [-0.3, -0.25) is 4.55 Å². The summed E-state index contributed by atoms with van der Waals surface area (Å²) < 4.78 is 30.8. The fourth-order valence-corrected chi connectivity index (χ4v) is 2.49. The lowest BCUT2D eigenvalue weighted by Gasteiger charge is -2.22. The highest BCUT2D eigenvalue weighted by Gasteiger charge is 2.19. The molecule has 1 unspecified atom stereocenters. The van der Waals surface area contributed by atoms with Crippen LogP contribution in [0.3, 0.4) is 0 Å². The SMILES string of the molecule is NC1CCCc2ccc(S(=O)(=O)O)cc21. The van der Waals surface area contributed by atoms with Gasteiger partial charge in [-0.2, -0.15) is 8.42 Å². The lowest BCUT2D eigenvalue weighted by atomic mass is 9.88. The van der Waals surface area contributed by atoms with Gasteiger partial charge in [0.15, 0.2) is 0 Å². The lowest BCUT2D eigenvalue weighted by molar-refractivity contribution is 0.482. The molecule has 1 aliphatic rings. The molecular formula is C10H13NO3S. The maximum Gasteiger partial charge on any atom is 0.294 e. The quantitative estimate of drug-likeness (QED) is 0.708. The summed E-state index contributed by atoms with van der Waals surface area (Å²) in [5, 5.41) is 0. The van der Waals surface area contributed by atoms with E-state index in [2.05, 4.69) is 0 Å². The number of hydrogen-bond acceptors (Lipinski definition) is 3. The molecule has 1 atom stereocenters. The van der Waals surface area contributed by atoms with E-state index in [0.717, 1.165) is 30.4 Å². The summed E-state index contributed by atoms with van der Waals surface area (Å²) in [6.45, 7) is 0. The molecule has 0 saturated carbocycles. The van der Waals surface area contributed by atoms with E-state index in [9.17, 15) is 8.42 Å². The van der Waals surface area contributed by atoms with Gasteiger partial charge in [0.25, 0.3) is 10.1 Å². The molecule has 82 valence electrons. The molecule has 3 N–H and O–H groups in total. The summed E-state index contributed by atoms with van der Waals surface area (Å²) in [4.78, 5) is -0.0707. The predicted octanol–water partition coefficient (Wildman–Crippen LogP) is 1.27. The van der Waals surface area contributed by atoms with Gasteiger partial charge in [0.2, 0.25) is 0 Å². The van der Waals surface area contributed by atoms with Crippen molar-refractivity contribution in [1.29, 1.82) is 0 Å². The van der Waals surface area contributed by atoms with Crippen LogP contribution < -0.4 is 5.73 Å². The standard InChI is InChI=1S/C10H13NO3S/c11-10-3-1-2-7-4-5-8(6-9(7)10)15(12,13)14/h4-6,10H,1-3,11H2,(H,12,13,14). The fourth-order valence-electron chi connectivity index (χ4n) is 1.97. The first kappa shape index (κ1) is 10.6. The monoisotopic (exact) mass is 227 g/mol. The van der Waals surface area contributed by atoms with Gasteiger partial charge in [-0.1, -0.05) is 6.07 Å². The van der Waals surface area contributed by atoms with Gasteiger partial charge in [-0.25, -0.2) is 0 Å². The summed E-state index contributed by atoms with van der Waals surface area (Å²) in [6.07, 6.45) is 2.82. The molecule has 2 rings (SSSR count). The van der Waals surface area contributed by atoms with Gasteiger partial charge < -0.3 is 5.73 Å². The molecule has 0 spiro atoms. The number of aryl methyl sites for hydroxylation is 1. The minimum absolute atomic E-state index is 0.0707. The Morgan fingerprint density at radius 1 is 1.40 bits per heavy atom. The van der Waals surface area contributed by atoms with Crippen LogP contribution in [0.25, 0.3) is 0 Å². The molecular weight excluding hydrogens is 214 g/mol. The molecule has 1 aliphatic carbocycles. The zero-order valence-electron chi connectivity index (χ0n) is 8.18. The Balaban J connectivity index is 2.53. The van der Waals surface area contributed by atoms with E-state index in [1.807, 2.05) is 0 Å². The summed E-state index contributed by atoms with van der Waals surface area (Å²) in [5.74, 6) is 0. The van der Waals surface area contributed by atoms with Crippen molar-refractivity contribution in [3.63, 3.8) is 0 Å². The number of fused-ring (bicyclic) bond motifs is 1. The van der Waals surface area contributed by atoms with E-state index in [-0.39, 0.29) is 10.9 Å². The first-order chi connectivity index (χ1) is 6.98. The van der Waals surface area contributed by atoms with E-state index >= 15 is 0 Å². The highest BCUT2D eigenvalue weighted by atomic mass is 32.2. The second-order valence-electron chi connectivity index (χ2n) is 3.83. The number of hydrogen-bond donors (Lipinski definition) is 2. The largest absolute Gasteiger partial charge is 0.324 e. The van der Waals surface area contributed by atoms with E-state index < -0.39 is 10.1 Å². The molecule has 0 bridgehead atoms. The molecule has 4 nitrogen and oxygen atoms in total. The molecule has 15 heavy (non-hydrogen) atoms. The number of nitrogens with two attached hydrogens (primary N) is 1. The molecule has 0 heterocycles. The highest BCUT2D eigenvalue weighted by molar-refractivity contribution is 7.85. The van der Waals surface area contributed by atoms with Crippen molar-refractivity contribution in [3.8, 4) is 0 Å².